The van der Waals surface area contributed by atoms with Crippen LogP contribution in [0.2, 0.25) is 5.02 Å². The monoisotopic (exact) mass is 463 g/mol. The average molecular weight is 464 g/mol. The molecule has 0 aliphatic carbocycles. The third-order valence-electron chi connectivity index (χ3n) is 6.85. The van der Waals surface area contributed by atoms with Crippen LogP contribution in [0.25, 0.3) is 11.1 Å². The van der Waals surface area contributed by atoms with Crippen molar-refractivity contribution in [3.8, 4) is 11.1 Å². The van der Waals surface area contributed by atoms with Gasteiger partial charge < -0.3 is 15.5 Å². The van der Waals surface area contributed by atoms with Crippen molar-refractivity contribution in [3.63, 3.8) is 0 Å². The average Bonchev–Trinajstić information content (AvgIpc) is 3.37. The number of hydrogen-bond donors (Lipinski definition) is 2. The van der Waals surface area contributed by atoms with Gasteiger partial charge in [-0.05, 0) is 73.7 Å². The zero-order valence-electron chi connectivity index (χ0n) is 19.3. The van der Waals surface area contributed by atoms with Crippen LogP contribution < -0.4 is 15.5 Å². The third-order valence-corrected chi connectivity index (χ3v) is 7.07. The molecule has 1 amide bonds. The summed E-state index contributed by atoms with van der Waals surface area (Å²) in [5.74, 6) is -0.0668. The van der Waals surface area contributed by atoms with E-state index < -0.39 is 0 Å². The van der Waals surface area contributed by atoms with Crippen LogP contribution in [0, 0.1) is 6.92 Å². The van der Waals surface area contributed by atoms with Gasteiger partial charge in [0.1, 0.15) is 0 Å². The number of piperazine rings is 1. The Balaban J connectivity index is 1.35. The topological polar surface area (TPSA) is 62.2 Å². The van der Waals surface area contributed by atoms with Crippen LogP contribution in [0.3, 0.4) is 0 Å². The predicted molar refractivity (Wildman–Crippen MR) is 133 cm³/mol. The highest BCUT2D eigenvalue weighted by Gasteiger charge is 2.32. The van der Waals surface area contributed by atoms with E-state index in [0.717, 1.165) is 46.6 Å². The molecule has 2 N–H and O–H groups in total. The number of amides is 1. The van der Waals surface area contributed by atoms with E-state index >= 15 is 0 Å². The summed E-state index contributed by atoms with van der Waals surface area (Å²) >= 11 is 6.41. The first-order valence-corrected chi connectivity index (χ1v) is 12.0. The molecule has 33 heavy (non-hydrogen) atoms. The van der Waals surface area contributed by atoms with E-state index in [0.29, 0.717) is 17.1 Å². The Morgan fingerprint density at radius 2 is 1.91 bits per heavy atom. The Morgan fingerprint density at radius 3 is 2.61 bits per heavy atom. The Kier molecular flexibility index (Phi) is 5.89. The van der Waals surface area contributed by atoms with Gasteiger partial charge in [-0.15, -0.1) is 0 Å². The van der Waals surface area contributed by atoms with Crippen molar-refractivity contribution in [1.29, 1.82) is 0 Å². The fourth-order valence-corrected chi connectivity index (χ4v) is 5.26. The van der Waals surface area contributed by atoms with Crippen molar-refractivity contribution < 1.29 is 4.79 Å². The minimum absolute atomic E-state index is 0.0668. The summed E-state index contributed by atoms with van der Waals surface area (Å²) in [6, 6.07) is 13.0. The van der Waals surface area contributed by atoms with Crippen molar-refractivity contribution in [2.45, 2.75) is 44.8 Å². The summed E-state index contributed by atoms with van der Waals surface area (Å²) in [5.41, 5.74) is 5.76. The molecule has 2 saturated heterocycles. The number of aromatic nitrogens is 2. The summed E-state index contributed by atoms with van der Waals surface area (Å²) in [6.07, 6.45) is 6.24. The number of benzene rings is 2. The lowest BCUT2D eigenvalue weighted by Crippen LogP contribution is -2.51. The van der Waals surface area contributed by atoms with Gasteiger partial charge in [0.25, 0.3) is 5.91 Å². The van der Waals surface area contributed by atoms with Crippen LogP contribution in [0.15, 0.2) is 48.8 Å². The molecular weight excluding hydrogens is 434 g/mol. The highest BCUT2D eigenvalue weighted by atomic mass is 35.5. The van der Waals surface area contributed by atoms with Crippen LogP contribution in [0.5, 0.6) is 0 Å². The molecule has 0 radical (unpaired) electrons. The fourth-order valence-electron chi connectivity index (χ4n) is 5.02. The zero-order chi connectivity index (χ0) is 23.1. The molecule has 172 valence electrons. The van der Waals surface area contributed by atoms with Crippen molar-refractivity contribution in [3.05, 3.63) is 70.5 Å². The number of nitrogens with zero attached hydrogens (tertiary/aromatic N) is 3. The Bertz CT molecular complexity index is 1180. The Morgan fingerprint density at radius 1 is 1.15 bits per heavy atom. The minimum atomic E-state index is -0.190. The van der Waals surface area contributed by atoms with Crippen LogP contribution in [-0.4, -0.2) is 40.9 Å². The second-order valence-corrected chi connectivity index (χ2v) is 9.85. The summed E-state index contributed by atoms with van der Waals surface area (Å²) < 4.78 is 1.76. The third kappa shape index (κ3) is 4.63. The molecule has 6 nitrogen and oxygen atoms in total. The molecule has 0 unspecified atom stereocenters. The second-order valence-electron chi connectivity index (χ2n) is 9.41. The van der Waals surface area contributed by atoms with Crippen LogP contribution in [-0.2, 0) is 7.05 Å². The number of hydrogen-bond acceptors (Lipinski definition) is 4. The zero-order valence-corrected chi connectivity index (χ0v) is 20.1. The van der Waals surface area contributed by atoms with Crippen LogP contribution in [0.1, 0.15) is 47.3 Å². The highest BCUT2D eigenvalue weighted by molar-refractivity contribution is 6.31. The van der Waals surface area contributed by atoms with Gasteiger partial charge in [0, 0.05) is 60.3 Å². The van der Waals surface area contributed by atoms with Crippen molar-refractivity contribution in [2.75, 3.05) is 18.0 Å². The summed E-state index contributed by atoms with van der Waals surface area (Å²) in [7, 11) is 1.89. The lowest BCUT2D eigenvalue weighted by molar-refractivity contribution is 0.0939. The molecule has 2 aliphatic heterocycles. The predicted octanol–water partition coefficient (Wildman–Crippen LogP) is 4.48. The lowest BCUT2D eigenvalue weighted by Gasteiger charge is -2.35. The van der Waals surface area contributed by atoms with E-state index in [1.807, 2.05) is 51.5 Å². The SMILES string of the molecule is Cc1ccc(N2C[C@H]3CC[C@@H](C2)N3)cc1C(=O)N[C@H](C)c1cc(Cl)cc(-c2cnn(C)c2)c1. The van der Waals surface area contributed by atoms with Gasteiger partial charge in [-0.2, -0.15) is 5.10 Å². The number of aryl methyl sites for hydroxylation is 2. The summed E-state index contributed by atoms with van der Waals surface area (Å²) in [4.78, 5) is 15.7. The fraction of sp³-hybridized carbons (Fsp3) is 0.385. The minimum Gasteiger partial charge on any atom is -0.368 e. The van der Waals surface area contributed by atoms with Gasteiger partial charge >= 0.3 is 0 Å². The molecule has 0 saturated carbocycles. The standard InChI is InChI=1S/C26H30ClN5O/c1-16-4-7-24(32-14-22-5-6-23(15-32)30-22)11-25(16)26(33)29-17(2)18-8-19(10-21(27)9-18)20-12-28-31(3)13-20/h4,7-13,17,22-23,30H,5-6,14-15H2,1-3H3,(H,29,33)/t17-,22-,23+/m1/s1. The summed E-state index contributed by atoms with van der Waals surface area (Å²) in [6.45, 7) is 5.97. The first kappa shape index (κ1) is 22.0. The molecule has 1 aromatic heterocycles. The first-order valence-electron chi connectivity index (χ1n) is 11.6. The number of nitrogens with one attached hydrogen (secondary N) is 2. The maximum absolute atomic E-state index is 13.3. The summed E-state index contributed by atoms with van der Waals surface area (Å²) in [5, 5.41) is 11.7. The van der Waals surface area contributed by atoms with Crippen LogP contribution in [0.4, 0.5) is 5.69 Å². The second kappa shape index (κ2) is 8.84. The molecule has 5 rings (SSSR count). The molecule has 7 heteroatoms. The molecule has 0 spiro atoms. The molecule has 3 atom stereocenters. The molecular formula is C26H30ClN5O. The number of fused-ring (bicyclic) bond motifs is 2. The molecule has 2 aromatic carbocycles. The van der Waals surface area contributed by atoms with Crippen molar-refractivity contribution >= 4 is 23.2 Å². The van der Waals surface area contributed by atoms with E-state index in [2.05, 4.69) is 38.8 Å². The number of rotatable bonds is 5. The quantitative estimate of drug-likeness (QED) is 0.585. The number of anilines is 1. The van der Waals surface area contributed by atoms with Crippen molar-refractivity contribution in [1.82, 2.24) is 20.4 Å². The maximum atomic E-state index is 13.3. The largest absolute Gasteiger partial charge is 0.368 e. The highest BCUT2D eigenvalue weighted by Crippen LogP contribution is 2.29. The molecule has 2 bridgehead atoms. The molecule has 2 fully saturated rings. The Hall–Kier alpha value is -2.83. The normalized spacial score (nSPS) is 20.7. The van der Waals surface area contributed by atoms with E-state index in [9.17, 15) is 4.79 Å². The van der Waals surface area contributed by atoms with E-state index in [1.165, 1.54) is 12.8 Å². The van der Waals surface area contributed by atoms with Gasteiger partial charge in [-0.1, -0.05) is 17.7 Å². The van der Waals surface area contributed by atoms with Gasteiger partial charge in [0.05, 0.1) is 12.2 Å². The van der Waals surface area contributed by atoms with E-state index in [4.69, 9.17) is 11.6 Å². The maximum Gasteiger partial charge on any atom is 0.252 e. The van der Waals surface area contributed by atoms with E-state index in [1.54, 1.807) is 4.68 Å². The van der Waals surface area contributed by atoms with Gasteiger partial charge in [0.2, 0.25) is 0 Å². The molecule has 3 aromatic rings. The van der Waals surface area contributed by atoms with Gasteiger partial charge in [-0.25, -0.2) is 0 Å². The van der Waals surface area contributed by atoms with Crippen LogP contribution >= 0.6 is 11.6 Å². The smallest absolute Gasteiger partial charge is 0.252 e. The van der Waals surface area contributed by atoms with Gasteiger partial charge in [-0.3, -0.25) is 9.48 Å². The van der Waals surface area contributed by atoms with Gasteiger partial charge in [0.15, 0.2) is 0 Å². The molecule has 2 aliphatic rings. The van der Waals surface area contributed by atoms with E-state index in [-0.39, 0.29) is 11.9 Å². The Labute approximate surface area is 199 Å². The lowest BCUT2D eigenvalue weighted by atomic mass is 10.0. The number of carbonyl (C=O) groups is 1. The number of carbonyl (C=O) groups excluding carboxylic acids is 1. The molecule has 3 heterocycles. The number of halogens is 1. The first-order chi connectivity index (χ1) is 15.9. The van der Waals surface area contributed by atoms with Crippen molar-refractivity contribution in [2.24, 2.45) is 7.05 Å².